The Bertz CT molecular complexity index is 436. The maximum Gasteiger partial charge on any atom is 0.119 e. The molecule has 0 aliphatic rings. The van der Waals surface area contributed by atoms with Crippen molar-refractivity contribution in [3.05, 3.63) is 65.7 Å². The van der Waals surface area contributed by atoms with Crippen molar-refractivity contribution in [2.45, 2.75) is 13.0 Å². The van der Waals surface area contributed by atoms with E-state index in [0.29, 0.717) is 13.2 Å². The fourth-order valence-electron chi connectivity index (χ4n) is 1.65. The van der Waals surface area contributed by atoms with E-state index in [0.717, 1.165) is 17.7 Å². The molecule has 0 saturated heterocycles. The maximum atomic E-state index is 5.67. The first-order valence-corrected chi connectivity index (χ1v) is 5.84. The molecule has 0 fully saturated rings. The van der Waals surface area contributed by atoms with Crippen molar-refractivity contribution < 1.29 is 4.74 Å². The van der Waals surface area contributed by atoms with Crippen molar-refractivity contribution >= 4 is 0 Å². The van der Waals surface area contributed by atoms with Gasteiger partial charge in [0.1, 0.15) is 5.75 Å². The fourth-order valence-corrected chi connectivity index (χ4v) is 1.65. The van der Waals surface area contributed by atoms with Gasteiger partial charge in [0.15, 0.2) is 0 Å². The molecule has 0 saturated carbocycles. The third kappa shape index (κ3) is 3.61. The van der Waals surface area contributed by atoms with Crippen LogP contribution in [0.4, 0.5) is 0 Å². The van der Waals surface area contributed by atoms with Gasteiger partial charge in [0.2, 0.25) is 0 Å². The van der Waals surface area contributed by atoms with E-state index in [1.54, 1.807) is 0 Å². The Morgan fingerprint density at radius 1 is 0.824 bits per heavy atom. The lowest BCUT2D eigenvalue weighted by Crippen LogP contribution is -2.01. The molecule has 0 aliphatic carbocycles. The summed E-state index contributed by atoms with van der Waals surface area (Å²) in [6.07, 6.45) is 0.930. The highest BCUT2D eigenvalue weighted by Gasteiger charge is 1.95. The van der Waals surface area contributed by atoms with Crippen LogP contribution in [0.1, 0.15) is 11.1 Å². The summed E-state index contributed by atoms with van der Waals surface area (Å²) in [6, 6.07) is 18.3. The minimum atomic E-state index is 0.574. The van der Waals surface area contributed by atoms with Crippen LogP contribution in [0.3, 0.4) is 0 Å². The summed E-state index contributed by atoms with van der Waals surface area (Å²) < 4.78 is 5.67. The molecule has 0 bridgehead atoms. The monoisotopic (exact) mass is 227 g/mol. The van der Waals surface area contributed by atoms with Gasteiger partial charge in [-0.1, -0.05) is 42.5 Å². The van der Waals surface area contributed by atoms with Crippen molar-refractivity contribution in [2.24, 2.45) is 5.73 Å². The van der Waals surface area contributed by atoms with E-state index < -0.39 is 0 Å². The molecule has 0 amide bonds. The summed E-state index contributed by atoms with van der Waals surface area (Å²) >= 11 is 0. The van der Waals surface area contributed by atoms with Crippen molar-refractivity contribution in [3.63, 3.8) is 0 Å². The lowest BCUT2D eigenvalue weighted by Gasteiger charge is -2.06. The van der Waals surface area contributed by atoms with Crippen molar-refractivity contribution in [1.29, 1.82) is 0 Å². The summed E-state index contributed by atoms with van der Waals surface area (Å²) in [5, 5.41) is 0. The number of ether oxygens (including phenoxy) is 1. The standard InChI is InChI=1S/C15H17NO/c16-12-14-6-8-15(9-7-14)17-11-10-13-4-2-1-3-5-13/h1-9H,10-12,16H2. The highest BCUT2D eigenvalue weighted by atomic mass is 16.5. The van der Waals surface area contributed by atoms with Gasteiger partial charge >= 0.3 is 0 Å². The van der Waals surface area contributed by atoms with Gasteiger partial charge in [-0.3, -0.25) is 0 Å². The molecule has 0 aromatic heterocycles. The predicted molar refractivity (Wildman–Crippen MR) is 70.0 cm³/mol. The molecular formula is C15H17NO. The van der Waals surface area contributed by atoms with E-state index >= 15 is 0 Å². The van der Waals surface area contributed by atoms with E-state index in [1.165, 1.54) is 5.56 Å². The summed E-state index contributed by atoms with van der Waals surface area (Å²) in [4.78, 5) is 0. The lowest BCUT2D eigenvalue weighted by atomic mass is 10.2. The van der Waals surface area contributed by atoms with E-state index in [-0.39, 0.29) is 0 Å². The Morgan fingerprint density at radius 2 is 1.53 bits per heavy atom. The molecule has 0 atom stereocenters. The van der Waals surface area contributed by atoms with Crippen LogP contribution in [-0.2, 0) is 13.0 Å². The zero-order chi connectivity index (χ0) is 11.9. The SMILES string of the molecule is NCc1ccc(OCCc2ccccc2)cc1. The average Bonchev–Trinajstić information content (AvgIpc) is 2.41. The first kappa shape index (κ1) is 11.7. The Kier molecular flexibility index (Phi) is 4.17. The Balaban J connectivity index is 1.82. The van der Waals surface area contributed by atoms with Crippen molar-refractivity contribution in [3.8, 4) is 5.75 Å². The Morgan fingerprint density at radius 3 is 2.18 bits per heavy atom. The molecule has 2 aromatic carbocycles. The molecule has 2 rings (SSSR count). The normalized spacial score (nSPS) is 10.2. The molecule has 2 N–H and O–H groups in total. The first-order chi connectivity index (χ1) is 8.38. The zero-order valence-corrected chi connectivity index (χ0v) is 9.80. The molecular weight excluding hydrogens is 210 g/mol. The van der Waals surface area contributed by atoms with Crippen LogP contribution >= 0.6 is 0 Å². The second-order valence-corrected chi connectivity index (χ2v) is 3.93. The molecule has 17 heavy (non-hydrogen) atoms. The molecule has 0 unspecified atom stereocenters. The van der Waals surface area contributed by atoms with E-state index in [9.17, 15) is 0 Å². The average molecular weight is 227 g/mol. The van der Waals surface area contributed by atoms with Gasteiger partial charge in [0.05, 0.1) is 6.61 Å². The number of hydrogen-bond acceptors (Lipinski definition) is 2. The van der Waals surface area contributed by atoms with E-state index in [2.05, 4.69) is 12.1 Å². The molecule has 0 spiro atoms. The lowest BCUT2D eigenvalue weighted by molar-refractivity contribution is 0.322. The second kappa shape index (κ2) is 6.06. The number of benzene rings is 2. The van der Waals surface area contributed by atoms with Crippen LogP contribution in [-0.4, -0.2) is 6.61 Å². The van der Waals surface area contributed by atoms with Crippen LogP contribution in [0.15, 0.2) is 54.6 Å². The minimum Gasteiger partial charge on any atom is -0.493 e. The second-order valence-electron chi connectivity index (χ2n) is 3.93. The highest BCUT2D eigenvalue weighted by Crippen LogP contribution is 2.12. The third-order valence-electron chi connectivity index (χ3n) is 2.66. The first-order valence-electron chi connectivity index (χ1n) is 5.84. The molecule has 0 radical (unpaired) electrons. The fraction of sp³-hybridized carbons (Fsp3) is 0.200. The summed E-state index contributed by atoms with van der Waals surface area (Å²) in [7, 11) is 0. The van der Waals surface area contributed by atoms with Gasteiger partial charge in [-0.15, -0.1) is 0 Å². The maximum absolute atomic E-state index is 5.67. The van der Waals surface area contributed by atoms with Gasteiger partial charge in [-0.05, 0) is 23.3 Å². The van der Waals surface area contributed by atoms with Crippen LogP contribution in [0.25, 0.3) is 0 Å². The van der Waals surface area contributed by atoms with Crippen LogP contribution in [0, 0.1) is 0 Å². The number of hydrogen-bond donors (Lipinski definition) is 1. The van der Waals surface area contributed by atoms with Crippen LogP contribution < -0.4 is 10.5 Å². The van der Waals surface area contributed by atoms with Crippen molar-refractivity contribution in [2.75, 3.05) is 6.61 Å². The van der Waals surface area contributed by atoms with Gasteiger partial charge in [-0.2, -0.15) is 0 Å². The van der Waals surface area contributed by atoms with E-state index in [4.69, 9.17) is 10.5 Å². The van der Waals surface area contributed by atoms with Crippen LogP contribution in [0.5, 0.6) is 5.75 Å². The smallest absolute Gasteiger partial charge is 0.119 e. The predicted octanol–water partition coefficient (Wildman–Crippen LogP) is 2.77. The summed E-state index contributed by atoms with van der Waals surface area (Å²) in [6.45, 7) is 1.27. The van der Waals surface area contributed by atoms with E-state index in [1.807, 2.05) is 42.5 Å². The molecule has 0 aliphatic heterocycles. The number of rotatable bonds is 5. The Hall–Kier alpha value is -1.80. The Labute approximate surface area is 102 Å². The minimum absolute atomic E-state index is 0.574. The largest absolute Gasteiger partial charge is 0.493 e. The van der Waals surface area contributed by atoms with Gasteiger partial charge < -0.3 is 10.5 Å². The zero-order valence-electron chi connectivity index (χ0n) is 9.80. The number of nitrogens with two attached hydrogens (primary N) is 1. The topological polar surface area (TPSA) is 35.2 Å². The highest BCUT2D eigenvalue weighted by molar-refractivity contribution is 5.27. The molecule has 2 aromatic rings. The molecule has 2 nitrogen and oxygen atoms in total. The molecule has 88 valence electrons. The summed E-state index contributed by atoms with van der Waals surface area (Å²) in [5.41, 5.74) is 7.96. The third-order valence-corrected chi connectivity index (χ3v) is 2.66. The van der Waals surface area contributed by atoms with Gasteiger partial charge in [0.25, 0.3) is 0 Å². The summed E-state index contributed by atoms with van der Waals surface area (Å²) in [5.74, 6) is 0.901. The van der Waals surface area contributed by atoms with Gasteiger partial charge in [0, 0.05) is 13.0 Å². The molecule has 2 heteroatoms. The van der Waals surface area contributed by atoms with Crippen molar-refractivity contribution in [1.82, 2.24) is 0 Å². The van der Waals surface area contributed by atoms with Crippen LogP contribution in [0.2, 0.25) is 0 Å². The molecule has 0 heterocycles. The van der Waals surface area contributed by atoms with Gasteiger partial charge in [-0.25, -0.2) is 0 Å². The quantitative estimate of drug-likeness (QED) is 0.852.